The molecule has 0 amide bonds. The van der Waals surface area contributed by atoms with E-state index in [9.17, 15) is 9.90 Å². The topological polar surface area (TPSA) is 37.3 Å². The third-order valence-electron chi connectivity index (χ3n) is 4.16. The van der Waals surface area contributed by atoms with E-state index >= 15 is 0 Å². The molecule has 1 N–H and O–H groups in total. The first-order valence-corrected chi connectivity index (χ1v) is 8.09. The fourth-order valence-corrected chi connectivity index (χ4v) is 5.14. The van der Waals surface area contributed by atoms with Crippen molar-refractivity contribution in [1.82, 2.24) is 0 Å². The molecule has 102 valence electrons. The van der Waals surface area contributed by atoms with E-state index in [1.54, 1.807) is 11.8 Å². The molecule has 1 fully saturated rings. The normalized spacial score (nSPS) is 33.5. The predicted molar refractivity (Wildman–Crippen MR) is 76.9 cm³/mol. The second-order valence-corrected chi connectivity index (χ2v) is 7.12. The molecule has 3 atom stereocenters. The lowest BCUT2D eigenvalue weighted by Crippen LogP contribution is -2.54. The number of rotatable bonds is 4. The van der Waals surface area contributed by atoms with E-state index in [1.165, 1.54) is 5.57 Å². The van der Waals surface area contributed by atoms with Crippen LogP contribution in [-0.4, -0.2) is 27.6 Å². The van der Waals surface area contributed by atoms with Crippen molar-refractivity contribution >= 4 is 29.1 Å². The van der Waals surface area contributed by atoms with Crippen LogP contribution in [0.25, 0.3) is 0 Å². The zero-order valence-electron chi connectivity index (χ0n) is 11.0. The maximum atomic E-state index is 12.4. The summed E-state index contributed by atoms with van der Waals surface area (Å²) in [5.41, 5.74) is 1.27. The Kier molecular flexibility index (Phi) is 4.45. The number of ketones is 1. The van der Waals surface area contributed by atoms with Crippen molar-refractivity contribution in [3.05, 3.63) is 11.0 Å². The summed E-state index contributed by atoms with van der Waals surface area (Å²) in [6.07, 6.45) is 2.82. The Morgan fingerprint density at radius 3 is 2.94 bits per heavy atom. The zero-order valence-corrected chi connectivity index (χ0v) is 12.6. The molecule has 0 aromatic heterocycles. The highest BCUT2D eigenvalue weighted by Crippen LogP contribution is 2.55. The summed E-state index contributed by atoms with van der Waals surface area (Å²) >= 11 is 7.39. The number of hydrogen-bond acceptors (Lipinski definition) is 3. The van der Waals surface area contributed by atoms with Crippen LogP contribution in [0.4, 0.5) is 0 Å². The molecular weight excluding hydrogens is 268 g/mol. The van der Waals surface area contributed by atoms with Gasteiger partial charge in [-0.3, -0.25) is 4.79 Å². The van der Waals surface area contributed by atoms with Crippen molar-refractivity contribution in [3.63, 3.8) is 0 Å². The number of alkyl halides is 1. The minimum atomic E-state index is -0.617. The Bertz CT molecular complexity index is 367. The molecule has 2 nitrogen and oxygen atoms in total. The lowest BCUT2D eigenvalue weighted by Gasteiger charge is -2.43. The summed E-state index contributed by atoms with van der Waals surface area (Å²) in [5.74, 6) is 1.11. The van der Waals surface area contributed by atoms with Gasteiger partial charge in [0.1, 0.15) is 4.75 Å². The first-order valence-electron chi connectivity index (χ1n) is 6.68. The van der Waals surface area contributed by atoms with E-state index in [0.717, 1.165) is 19.3 Å². The Morgan fingerprint density at radius 2 is 2.33 bits per heavy atom. The highest BCUT2D eigenvalue weighted by atomic mass is 35.5. The number of aliphatic hydroxyl groups excluding tert-OH is 1. The second kappa shape index (κ2) is 5.56. The van der Waals surface area contributed by atoms with E-state index in [1.807, 2.05) is 13.8 Å². The molecule has 1 saturated carbocycles. The zero-order chi connectivity index (χ0) is 13.3. The molecule has 1 aliphatic carbocycles. The van der Waals surface area contributed by atoms with Gasteiger partial charge in [0.05, 0.1) is 6.10 Å². The van der Waals surface area contributed by atoms with Crippen LogP contribution in [0.1, 0.15) is 39.5 Å². The van der Waals surface area contributed by atoms with Crippen molar-refractivity contribution in [2.45, 2.75) is 50.4 Å². The number of allylic oxidation sites excluding steroid dienone is 1. The monoisotopic (exact) mass is 288 g/mol. The van der Waals surface area contributed by atoms with Crippen LogP contribution in [0.15, 0.2) is 11.0 Å². The third-order valence-corrected chi connectivity index (χ3v) is 5.91. The minimum absolute atomic E-state index is 0.103. The Morgan fingerprint density at radius 1 is 1.61 bits per heavy atom. The molecule has 4 heteroatoms. The van der Waals surface area contributed by atoms with Crippen LogP contribution in [0.3, 0.4) is 0 Å². The van der Waals surface area contributed by atoms with Crippen LogP contribution in [0.2, 0.25) is 0 Å². The lowest BCUT2D eigenvalue weighted by molar-refractivity contribution is -0.128. The molecule has 0 bridgehead atoms. The summed E-state index contributed by atoms with van der Waals surface area (Å²) in [6, 6.07) is 0. The van der Waals surface area contributed by atoms with E-state index in [-0.39, 0.29) is 17.6 Å². The van der Waals surface area contributed by atoms with Crippen LogP contribution >= 0.6 is 23.4 Å². The first kappa shape index (κ1) is 14.4. The second-order valence-electron chi connectivity index (χ2n) is 5.60. The molecule has 0 aromatic rings. The number of fused-ring (bicyclic) bond motifs is 1. The molecule has 1 aliphatic heterocycles. The van der Waals surface area contributed by atoms with Gasteiger partial charge in [0.15, 0.2) is 5.78 Å². The number of aliphatic hydroxyl groups is 1. The Hall–Kier alpha value is 0.01000. The molecule has 0 radical (unpaired) electrons. The van der Waals surface area contributed by atoms with Crippen LogP contribution < -0.4 is 0 Å². The van der Waals surface area contributed by atoms with Crippen molar-refractivity contribution in [2.75, 3.05) is 5.88 Å². The average Bonchev–Trinajstić information content (AvgIpc) is 2.70. The number of thioether (sulfide) groups is 1. The average molecular weight is 289 g/mol. The molecule has 2 aliphatic rings. The van der Waals surface area contributed by atoms with Gasteiger partial charge in [-0.2, -0.15) is 0 Å². The number of halogens is 1. The van der Waals surface area contributed by atoms with Gasteiger partial charge >= 0.3 is 0 Å². The van der Waals surface area contributed by atoms with E-state index in [4.69, 9.17) is 11.6 Å². The fourth-order valence-electron chi connectivity index (χ4n) is 3.21. The Labute approximate surface area is 118 Å². The number of Topliss-reactive ketones (excluding diaryl/α,β-unsaturated/α-hetero) is 1. The molecule has 0 aromatic carbocycles. The van der Waals surface area contributed by atoms with E-state index in [2.05, 4.69) is 5.41 Å². The van der Waals surface area contributed by atoms with Crippen molar-refractivity contribution < 1.29 is 9.90 Å². The molecule has 18 heavy (non-hydrogen) atoms. The fraction of sp³-hybridized carbons (Fsp3) is 0.786. The Balaban J connectivity index is 2.32. The maximum absolute atomic E-state index is 12.4. The van der Waals surface area contributed by atoms with Gasteiger partial charge in [-0.25, -0.2) is 0 Å². The molecule has 0 saturated heterocycles. The van der Waals surface area contributed by atoms with Crippen LogP contribution in [-0.2, 0) is 4.79 Å². The van der Waals surface area contributed by atoms with Gasteiger partial charge < -0.3 is 5.11 Å². The number of carbonyl (C=O) groups is 1. The van der Waals surface area contributed by atoms with E-state index < -0.39 is 10.9 Å². The van der Waals surface area contributed by atoms with E-state index in [0.29, 0.717) is 12.3 Å². The van der Waals surface area contributed by atoms with Gasteiger partial charge in [0.25, 0.3) is 0 Å². The molecule has 2 rings (SSSR count). The highest BCUT2D eigenvalue weighted by molar-refractivity contribution is 8.04. The van der Waals surface area contributed by atoms with Crippen LogP contribution in [0.5, 0.6) is 0 Å². The molecule has 1 heterocycles. The summed E-state index contributed by atoms with van der Waals surface area (Å²) in [6.45, 7) is 3.97. The van der Waals surface area contributed by atoms with Crippen molar-refractivity contribution in [2.24, 2.45) is 11.8 Å². The van der Waals surface area contributed by atoms with Crippen LogP contribution in [0, 0.1) is 11.8 Å². The smallest absolute Gasteiger partial charge is 0.152 e. The summed E-state index contributed by atoms with van der Waals surface area (Å²) < 4.78 is -0.617. The largest absolute Gasteiger partial charge is 0.391 e. The summed E-state index contributed by atoms with van der Waals surface area (Å²) in [4.78, 5) is 12.4. The standard InChI is InChI=1S/C14H21ClO2S/c1-9(2)13(17)14-11(4-3-5-12(14)16)10(6-7-15)8-18-14/h8-9,11,13,17H,3-7H2,1-2H3/t11-,13-,14+/m0/s1. The quantitative estimate of drug-likeness (QED) is 0.806. The SMILES string of the molecule is CC(C)[C@H](O)[C@@]12SC=C(CCCl)[C@@H]1CCCC2=O. The summed E-state index contributed by atoms with van der Waals surface area (Å²) in [7, 11) is 0. The van der Waals surface area contributed by atoms with Crippen molar-refractivity contribution in [1.29, 1.82) is 0 Å². The van der Waals surface area contributed by atoms with Gasteiger partial charge in [-0.05, 0) is 30.6 Å². The number of carbonyl (C=O) groups excluding carboxylic acids is 1. The molecular formula is C14H21ClO2S. The van der Waals surface area contributed by atoms with Gasteiger partial charge in [0.2, 0.25) is 0 Å². The molecule has 0 unspecified atom stereocenters. The highest BCUT2D eigenvalue weighted by Gasteiger charge is 2.56. The van der Waals surface area contributed by atoms with Crippen molar-refractivity contribution in [3.8, 4) is 0 Å². The molecule has 0 spiro atoms. The van der Waals surface area contributed by atoms with Gasteiger partial charge in [-0.1, -0.05) is 19.4 Å². The minimum Gasteiger partial charge on any atom is -0.391 e. The summed E-state index contributed by atoms with van der Waals surface area (Å²) in [5, 5.41) is 12.6. The van der Waals surface area contributed by atoms with Gasteiger partial charge in [0, 0.05) is 18.2 Å². The lowest BCUT2D eigenvalue weighted by atomic mass is 9.69. The third kappa shape index (κ3) is 2.14. The first-order chi connectivity index (χ1) is 8.54. The predicted octanol–water partition coefficient (Wildman–Crippen LogP) is 3.37. The van der Waals surface area contributed by atoms with Gasteiger partial charge in [-0.15, -0.1) is 23.4 Å². The maximum Gasteiger partial charge on any atom is 0.152 e. The number of hydrogen-bond donors (Lipinski definition) is 1.